The molecule has 3 amide bonds. The topological polar surface area (TPSA) is 143 Å². The highest BCUT2D eigenvalue weighted by molar-refractivity contribution is 5.83. The fourth-order valence-electron chi connectivity index (χ4n) is 8.36. The van der Waals surface area contributed by atoms with Crippen LogP contribution in [0.5, 0.6) is 0 Å². The lowest BCUT2D eigenvalue weighted by molar-refractivity contribution is -0.127. The minimum atomic E-state index is -2.60. The van der Waals surface area contributed by atoms with Gasteiger partial charge in [0.15, 0.2) is 0 Å². The predicted octanol–water partition coefficient (Wildman–Crippen LogP) is 1.17. The summed E-state index contributed by atoms with van der Waals surface area (Å²) in [5.41, 5.74) is 1.05. The molecule has 5 N–H and O–H groups in total. The smallest absolute Gasteiger partial charge is 0.248 e. The average Bonchev–Trinajstić information content (AvgIpc) is 3.55. The Bertz CT molecular complexity index is 1250. The van der Waals surface area contributed by atoms with Crippen molar-refractivity contribution in [2.24, 2.45) is 11.8 Å². The first-order valence-electron chi connectivity index (χ1n) is 17.3. The lowest BCUT2D eigenvalue weighted by Gasteiger charge is -2.44. The van der Waals surface area contributed by atoms with Crippen molar-refractivity contribution in [2.45, 2.75) is 113 Å². The van der Waals surface area contributed by atoms with Gasteiger partial charge in [-0.05, 0) is 56.0 Å². The Kier molecular flexibility index (Phi) is 10.8. The zero-order valence-corrected chi connectivity index (χ0v) is 26.9. The number of nitrogens with zero attached hydrogens (tertiary/aromatic N) is 2. The van der Waals surface area contributed by atoms with Crippen LogP contribution in [0.2, 0.25) is 0 Å². The van der Waals surface area contributed by atoms with E-state index in [0.717, 1.165) is 18.5 Å². The molecule has 13 heteroatoms. The van der Waals surface area contributed by atoms with Gasteiger partial charge in [-0.1, -0.05) is 30.3 Å². The number of halogens is 2. The van der Waals surface area contributed by atoms with Gasteiger partial charge in [0, 0.05) is 64.1 Å². The van der Waals surface area contributed by atoms with E-state index in [4.69, 9.17) is 4.74 Å². The predicted molar refractivity (Wildman–Crippen MR) is 168 cm³/mol. The number of fused-ring (bicyclic) bond motifs is 5. The molecule has 8 atom stereocenters. The summed E-state index contributed by atoms with van der Waals surface area (Å²) in [4.78, 5) is 44.2. The van der Waals surface area contributed by atoms with Gasteiger partial charge in [0.1, 0.15) is 18.3 Å². The minimum Gasteiger partial charge on any atom is -0.388 e. The number of rotatable bonds is 3. The average molecular weight is 662 g/mol. The SMILES string of the molecule is O=C1C[C@@H]2CCN(C3CCC(F)(F)CC3)C[C@@H]2CCNC(=O)[C@@H]2C[C@H](CN2Cc2ccccc2)NC(=O)C[C@@H]2O[C@H](CN1)C(O)C2O. The third-order valence-electron chi connectivity index (χ3n) is 11.0. The van der Waals surface area contributed by atoms with E-state index in [1.807, 2.05) is 30.3 Å². The molecule has 4 aliphatic heterocycles. The van der Waals surface area contributed by atoms with E-state index in [1.54, 1.807) is 0 Å². The van der Waals surface area contributed by atoms with Crippen molar-refractivity contribution in [2.75, 3.05) is 32.7 Å². The first kappa shape index (κ1) is 34.2. The Morgan fingerprint density at radius 2 is 1.62 bits per heavy atom. The zero-order chi connectivity index (χ0) is 33.1. The molecule has 4 saturated heterocycles. The second kappa shape index (κ2) is 14.8. The zero-order valence-electron chi connectivity index (χ0n) is 26.9. The number of piperidine rings is 1. The molecular weight excluding hydrogens is 612 g/mol. The number of nitrogens with one attached hydrogen (secondary N) is 3. The number of amides is 3. The van der Waals surface area contributed by atoms with Gasteiger partial charge < -0.3 is 35.8 Å². The maximum Gasteiger partial charge on any atom is 0.248 e. The van der Waals surface area contributed by atoms with Crippen LogP contribution < -0.4 is 16.0 Å². The molecule has 1 saturated carbocycles. The fraction of sp³-hybridized carbons (Fsp3) is 0.735. The molecule has 2 unspecified atom stereocenters. The Balaban J connectivity index is 1.18. The van der Waals surface area contributed by atoms with Gasteiger partial charge in [-0.3, -0.25) is 19.3 Å². The lowest BCUT2D eigenvalue weighted by Crippen LogP contribution is -2.50. The molecule has 11 nitrogen and oxygen atoms in total. The lowest BCUT2D eigenvalue weighted by atomic mass is 9.79. The number of aliphatic hydroxyl groups excluding tert-OH is 2. The third-order valence-corrected chi connectivity index (χ3v) is 11.0. The summed E-state index contributed by atoms with van der Waals surface area (Å²) in [5.74, 6) is -3.14. The Labute approximate surface area is 274 Å². The summed E-state index contributed by atoms with van der Waals surface area (Å²) in [6, 6.07) is 9.19. The fourth-order valence-corrected chi connectivity index (χ4v) is 8.36. The monoisotopic (exact) mass is 661 g/mol. The highest BCUT2D eigenvalue weighted by Crippen LogP contribution is 2.38. The second-order valence-electron chi connectivity index (χ2n) is 14.3. The molecule has 5 aliphatic rings. The van der Waals surface area contributed by atoms with Crippen LogP contribution in [0.25, 0.3) is 0 Å². The number of carbonyl (C=O) groups excluding carboxylic acids is 3. The molecular formula is C34H49F2N5O6. The van der Waals surface area contributed by atoms with E-state index in [2.05, 4.69) is 25.8 Å². The molecule has 260 valence electrons. The molecule has 6 rings (SSSR count). The van der Waals surface area contributed by atoms with Gasteiger partial charge in [-0.25, -0.2) is 8.78 Å². The van der Waals surface area contributed by atoms with E-state index >= 15 is 0 Å². The Hall–Kier alpha value is -2.71. The quantitative estimate of drug-likeness (QED) is 0.325. The summed E-state index contributed by atoms with van der Waals surface area (Å²) in [5, 5.41) is 30.3. The number of hydrogen-bond acceptors (Lipinski definition) is 8. The van der Waals surface area contributed by atoms with Crippen molar-refractivity contribution in [1.82, 2.24) is 25.8 Å². The standard InChI is InChI=1S/C34H49F2N5O6/c35-34(36)10-6-25(7-11-34)40-13-9-22-14-29(42)38-17-28-32(45)31(44)27(47-28)16-30(43)39-24-15-26(33(46)37-12-8-23(22)19-40)41(20-24)18-21-4-2-1-3-5-21/h1-5,22-28,31-32,44-45H,6-20H2,(H,37,46)(H,38,42)(H,39,43)/t22-,23-,24+,26-,27-,28+,31?,32?/m0/s1. The Morgan fingerprint density at radius 3 is 2.38 bits per heavy atom. The van der Waals surface area contributed by atoms with Crippen molar-refractivity contribution in [3.05, 3.63) is 35.9 Å². The highest BCUT2D eigenvalue weighted by atomic mass is 19.3. The van der Waals surface area contributed by atoms with Crippen molar-refractivity contribution in [3.8, 4) is 0 Å². The maximum atomic E-state index is 13.9. The van der Waals surface area contributed by atoms with Crippen LogP contribution in [-0.4, -0.2) is 119 Å². The number of ether oxygens (including phenoxy) is 1. The van der Waals surface area contributed by atoms with Crippen LogP contribution >= 0.6 is 0 Å². The van der Waals surface area contributed by atoms with Gasteiger partial charge >= 0.3 is 0 Å². The number of alkyl halides is 2. The van der Waals surface area contributed by atoms with Gasteiger partial charge in [0.2, 0.25) is 23.6 Å². The van der Waals surface area contributed by atoms with Crippen LogP contribution in [0.1, 0.15) is 63.4 Å². The summed E-state index contributed by atoms with van der Waals surface area (Å²) >= 11 is 0. The van der Waals surface area contributed by atoms with Gasteiger partial charge in [0.25, 0.3) is 0 Å². The number of likely N-dealkylation sites (tertiary alicyclic amines) is 2. The molecule has 4 bridgehead atoms. The van der Waals surface area contributed by atoms with Crippen molar-refractivity contribution in [1.29, 1.82) is 0 Å². The number of aliphatic hydroxyl groups is 2. The molecule has 47 heavy (non-hydrogen) atoms. The molecule has 1 aliphatic carbocycles. The maximum absolute atomic E-state index is 13.9. The minimum absolute atomic E-state index is 0.00375. The number of hydrogen-bond donors (Lipinski definition) is 5. The molecule has 0 aromatic heterocycles. The first-order chi connectivity index (χ1) is 22.5. The Morgan fingerprint density at radius 1 is 0.872 bits per heavy atom. The second-order valence-corrected chi connectivity index (χ2v) is 14.3. The van der Waals surface area contributed by atoms with Crippen molar-refractivity contribution >= 4 is 17.7 Å². The van der Waals surface area contributed by atoms with E-state index in [1.165, 1.54) is 0 Å². The number of benzene rings is 1. The first-order valence-corrected chi connectivity index (χ1v) is 17.3. The van der Waals surface area contributed by atoms with Crippen molar-refractivity contribution < 1.29 is 38.1 Å². The summed E-state index contributed by atoms with van der Waals surface area (Å²) in [7, 11) is 0. The summed E-state index contributed by atoms with van der Waals surface area (Å²) in [6.45, 7) is 2.85. The van der Waals surface area contributed by atoms with Gasteiger partial charge in [-0.15, -0.1) is 0 Å². The molecule has 1 aromatic rings. The van der Waals surface area contributed by atoms with E-state index in [9.17, 15) is 33.4 Å². The van der Waals surface area contributed by atoms with Crippen LogP contribution in [0.3, 0.4) is 0 Å². The molecule has 5 fully saturated rings. The van der Waals surface area contributed by atoms with Crippen LogP contribution in [0.4, 0.5) is 8.78 Å². The van der Waals surface area contributed by atoms with Gasteiger partial charge in [0.05, 0.1) is 18.6 Å². The van der Waals surface area contributed by atoms with Crippen LogP contribution in [0, 0.1) is 11.8 Å². The molecule has 0 spiro atoms. The number of carbonyl (C=O) groups is 3. The summed E-state index contributed by atoms with van der Waals surface area (Å²) < 4.78 is 33.7. The van der Waals surface area contributed by atoms with E-state index in [0.29, 0.717) is 51.9 Å². The van der Waals surface area contributed by atoms with Crippen LogP contribution in [0.15, 0.2) is 30.3 Å². The largest absolute Gasteiger partial charge is 0.388 e. The third kappa shape index (κ3) is 8.48. The van der Waals surface area contributed by atoms with E-state index < -0.39 is 36.4 Å². The van der Waals surface area contributed by atoms with E-state index in [-0.39, 0.29) is 73.9 Å². The normalized spacial score (nSPS) is 36.7. The highest BCUT2D eigenvalue weighted by Gasteiger charge is 2.45. The molecule has 1 aromatic carbocycles. The molecule has 4 heterocycles. The summed E-state index contributed by atoms with van der Waals surface area (Å²) in [6.07, 6.45) is -1.71. The van der Waals surface area contributed by atoms with Gasteiger partial charge in [-0.2, -0.15) is 0 Å². The van der Waals surface area contributed by atoms with Crippen molar-refractivity contribution in [3.63, 3.8) is 0 Å². The molecule has 0 radical (unpaired) electrons. The van der Waals surface area contributed by atoms with Crippen LogP contribution in [-0.2, 0) is 25.7 Å².